The molecule has 0 saturated carbocycles. The Labute approximate surface area is 223 Å². The predicted molar refractivity (Wildman–Crippen MR) is 152 cm³/mol. The molecule has 2 unspecified atom stereocenters. The van der Waals surface area contributed by atoms with Crippen LogP contribution in [-0.2, 0) is 9.16 Å². The zero-order chi connectivity index (χ0) is 26.9. The number of benzene rings is 1. The molecule has 1 fully saturated rings. The third kappa shape index (κ3) is 7.00. The Hall–Kier alpha value is -1.67. The van der Waals surface area contributed by atoms with Gasteiger partial charge in [-0.15, -0.1) is 0 Å². The maximum Gasteiger partial charge on any atom is 0.192 e. The molecule has 0 spiro atoms. The van der Waals surface area contributed by atoms with Crippen LogP contribution in [-0.4, -0.2) is 49.7 Å². The maximum absolute atomic E-state index is 6.74. The molecule has 1 aromatic carbocycles. The Morgan fingerprint density at radius 2 is 1.83 bits per heavy atom. The van der Waals surface area contributed by atoms with E-state index < -0.39 is 8.32 Å². The molecule has 3 rings (SSSR count). The van der Waals surface area contributed by atoms with Crippen LogP contribution in [0.3, 0.4) is 0 Å². The third-order valence-electron chi connectivity index (χ3n) is 7.28. The number of nitrogens with one attached hydrogen (secondary N) is 1. The van der Waals surface area contributed by atoms with E-state index in [2.05, 4.69) is 71.9 Å². The highest BCUT2D eigenvalue weighted by Crippen LogP contribution is 2.39. The molecule has 200 valence electrons. The molecule has 3 atom stereocenters. The molecule has 0 bridgehead atoms. The van der Waals surface area contributed by atoms with Crippen molar-refractivity contribution in [2.75, 3.05) is 18.5 Å². The molecule has 1 aromatic heterocycles. The van der Waals surface area contributed by atoms with E-state index in [0.29, 0.717) is 17.6 Å². The van der Waals surface area contributed by atoms with Crippen LogP contribution in [0.4, 0.5) is 5.82 Å². The maximum atomic E-state index is 6.74. The largest absolute Gasteiger partial charge is 0.487 e. The molecule has 0 amide bonds. The quantitative estimate of drug-likeness (QED) is 0.280. The van der Waals surface area contributed by atoms with E-state index in [4.69, 9.17) is 30.5 Å². The molecular weight excluding hydrogens is 490 g/mol. The van der Waals surface area contributed by atoms with Crippen LogP contribution in [0, 0.1) is 12.3 Å². The highest BCUT2D eigenvalue weighted by molar-refractivity contribution is 6.74. The molecule has 6 nitrogen and oxygen atoms in total. The molecule has 1 saturated heterocycles. The van der Waals surface area contributed by atoms with Crippen molar-refractivity contribution in [2.45, 2.75) is 98.2 Å². The third-order valence-corrected chi connectivity index (χ3v) is 12.2. The summed E-state index contributed by atoms with van der Waals surface area (Å²) in [7, 11) is -1.95. The van der Waals surface area contributed by atoms with Gasteiger partial charge in [0.1, 0.15) is 22.8 Å². The summed E-state index contributed by atoms with van der Waals surface area (Å²) in [6, 6.07) is 8.15. The van der Waals surface area contributed by atoms with E-state index >= 15 is 0 Å². The van der Waals surface area contributed by atoms with Crippen molar-refractivity contribution in [3.05, 3.63) is 35.0 Å². The van der Waals surface area contributed by atoms with Crippen molar-refractivity contribution in [3.63, 3.8) is 0 Å². The van der Waals surface area contributed by atoms with E-state index in [9.17, 15) is 0 Å². The van der Waals surface area contributed by atoms with Gasteiger partial charge in [0.25, 0.3) is 0 Å². The van der Waals surface area contributed by atoms with Crippen LogP contribution in [0.2, 0.25) is 23.3 Å². The molecule has 36 heavy (non-hydrogen) atoms. The van der Waals surface area contributed by atoms with E-state index in [1.165, 1.54) is 0 Å². The monoisotopic (exact) mass is 533 g/mol. The van der Waals surface area contributed by atoms with Crippen molar-refractivity contribution in [1.29, 1.82) is 0 Å². The van der Waals surface area contributed by atoms with Crippen LogP contribution >= 0.6 is 11.6 Å². The standard InChI is InChI=1S/C28H44ClN3O3Si/c1-18-24(29)31-26(32-25(18)30-21-14-15-33-17-21)20-12-11-13-22(16-20)34-23(27(3,4)5)19(2)35-36(9,10)28(6,7)8/h11-13,16,19,21,23H,14-15,17H2,1-10H3,(H,30,31,32)/t19?,21-,23?/m1/s1. The molecule has 8 heteroatoms. The summed E-state index contributed by atoms with van der Waals surface area (Å²) < 4.78 is 18.9. The van der Waals surface area contributed by atoms with Crippen molar-refractivity contribution in [3.8, 4) is 17.1 Å². The Kier molecular flexibility index (Phi) is 8.81. The summed E-state index contributed by atoms with van der Waals surface area (Å²) in [5, 5.41) is 4.04. The number of halogens is 1. The second-order valence-electron chi connectivity index (χ2n) is 12.5. The second kappa shape index (κ2) is 11.0. The molecule has 1 aliphatic rings. The van der Waals surface area contributed by atoms with Gasteiger partial charge in [-0.1, -0.05) is 65.3 Å². The lowest BCUT2D eigenvalue weighted by molar-refractivity contribution is -0.0110. The van der Waals surface area contributed by atoms with Crippen molar-refractivity contribution < 1.29 is 13.9 Å². The Morgan fingerprint density at radius 1 is 1.14 bits per heavy atom. The Morgan fingerprint density at radius 3 is 2.42 bits per heavy atom. The van der Waals surface area contributed by atoms with Crippen molar-refractivity contribution >= 4 is 25.7 Å². The number of anilines is 1. The molecule has 1 aliphatic heterocycles. The predicted octanol–water partition coefficient (Wildman–Crippen LogP) is 7.51. The fourth-order valence-electron chi connectivity index (χ4n) is 4.14. The first-order valence-corrected chi connectivity index (χ1v) is 16.2. The molecule has 1 N–H and O–H groups in total. The minimum atomic E-state index is -1.95. The Balaban J connectivity index is 1.87. The van der Waals surface area contributed by atoms with Crippen LogP contribution in [0.25, 0.3) is 11.4 Å². The van der Waals surface area contributed by atoms with Gasteiger partial charge in [-0.2, -0.15) is 0 Å². The fourth-order valence-corrected chi connectivity index (χ4v) is 5.71. The second-order valence-corrected chi connectivity index (χ2v) is 17.6. The van der Waals surface area contributed by atoms with Crippen molar-refractivity contribution in [1.82, 2.24) is 9.97 Å². The van der Waals surface area contributed by atoms with Gasteiger partial charge in [0.15, 0.2) is 14.1 Å². The van der Waals surface area contributed by atoms with E-state index in [1.54, 1.807) is 0 Å². The summed E-state index contributed by atoms with van der Waals surface area (Å²) in [4.78, 5) is 9.38. The SMILES string of the molecule is Cc1c(Cl)nc(-c2cccc(OC(C(C)O[Si](C)(C)C(C)(C)C)C(C)(C)C)c2)nc1N[C@@H]1CCOC1. The number of ether oxygens (including phenoxy) is 2. The first kappa shape index (κ1) is 28.9. The minimum absolute atomic E-state index is 0.0657. The normalized spacial score (nSPS) is 18.7. The summed E-state index contributed by atoms with van der Waals surface area (Å²) >= 11 is 6.51. The zero-order valence-electron chi connectivity index (χ0n) is 23.7. The molecule has 0 radical (unpaired) electrons. The smallest absolute Gasteiger partial charge is 0.192 e. The zero-order valence-corrected chi connectivity index (χ0v) is 25.4. The summed E-state index contributed by atoms with van der Waals surface area (Å²) in [5.74, 6) is 2.07. The molecular formula is C28H44ClN3O3Si. The summed E-state index contributed by atoms with van der Waals surface area (Å²) in [6.07, 6.45) is 0.747. The summed E-state index contributed by atoms with van der Waals surface area (Å²) in [6.45, 7) is 23.4. The van der Waals surface area contributed by atoms with Gasteiger partial charge in [-0.25, -0.2) is 9.97 Å². The van der Waals surface area contributed by atoms with Crippen LogP contribution < -0.4 is 10.1 Å². The lowest BCUT2D eigenvalue weighted by atomic mass is 9.86. The number of aromatic nitrogens is 2. The fraction of sp³-hybridized carbons (Fsp3) is 0.643. The molecule has 2 heterocycles. The van der Waals surface area contributed by atoms with Gasteiger partial charge in [0, 0.05) is 23.1 Å². The highest BCUT2D eigenvalue weighted by Gasteiger charge is 2.42. The lowest BCUT2D eigenvalue weighted by Crippen LogP contribution is -2.50. The average molecular weight is 534 g/mol. The topological polar surface area (TPSA) is 65.5 Å². The van der Waals surface area contributed by atoms with E-state index in [-0.39, 0.29) is 28.7 Å². The van der Waals surface area contributed by atoms with Crippen molar-refractivity contribution in [2.24, 2.45) is 5.41 Å². The summed E-state index contributed by atoms with van der Waals surface area (Å²) in [5.41, 5.74) is 1.57. The molecule has 0 aliphatic carbocycles. The minimum Gasteiger partial charge on any atom is -0.487 e. The van der Waals surface area contributed by atoms with Gasteiger partial charge in [-0.3, -0.25) is 0 Å². The first-order valence-electron chi connectivity index (χ1n) is 12.9. The van der Waals surface area contributed by atoms with E-state index in [0.717, 1.165) is 35.7 Å². The lowest BCUT2D eigenvalue weighted by Gasteiger charge is -2.43. The van der Waals surface area contributed by atoms with Gasteiger partial charge in [0.2, 0.25) is 0 Å². The molecule has 2 aromatic rings. The van der Waals surface area contributed by atoms with Gasteiger partial charge >= 0.3 is 0 Å². The highest BCUT2D eigenvalue weighted by atomic mass is 35.5. The van der Waals surface area contributed by atoms with Crippen LogP contribution in [0.5, 0.6) is 5.75 Å². The van der Waals surface area contributed by atoms with Gasteiger partial charge in [-0.05, 0) is 50.5 Å². The average Bonchev–Trinajstić information content (AvgIpc) is 3.26. The van der Waals surface area contributed by atoms with E-state index in [1.807, 2.05) is 31.2 Å². The number of rotatable bonds is 8. The van der Waals surface area contributed by atoms with Gasteiger partial charge < -0.3 is 19.2 Å². The number of hydrogen-bond acceptors (Lipinski definition) is 6. The van der Waals surface area contributed by atoms with Crippen LogP contribution in [0.15, 0.2) is 24.3 Å². The van der Waals surface area contributed by atoms with Gasteiger partial charge in [0.05, 0.1) is 18.8 Å². The number of hydrogen-bond donors (Lipinski definition) is 1. The Bertz CT molecular complexity index is 1040. The first-order chi connectivity index (χ1) is 16.6. The van der Waals surface area contributed by atoms with Crippen LogP contribution in [0.1, 0.15) is 60.5 Å². The number of nitrogens with zero attached hydrogens (tertiary/aromatic N) is 2.